The van der Waals surface area contributed by atoms with Crippen molar-refractivity contribution in [1.29, 1.82) is 0 Å². The van der Waals surface area contributed by atoms with Crippen molar-refractivity contribution >= 4 is 23.7 Å². The molecule has 1 aromatic carbocycles. The predicted octanol–water partition coefficient (Wildman–Crippen LogP) is -0.712. The largest absolute Gasteiger partial charge is 0.508 e. The van der Waals surface area contributed by atoms with Gasteiger partial charge in [-0.3, -0.25) is 14.4 Å². The van der Waals surface area contributed by atoms with Crippen LogP contribution in [0.1, 0.15) is 25.8 Å². The van der Waals surface area contributed by atoms with Gasteiger partial charge in [-0.05, 0) is 30.0 Å². The Balaban J connectivity index is 2.04. The van der Waals surface area contributed by atoms with E-state index in [2.05, 4.69) is 10.6 Å². The van der Waals surface area contributed by atoms with Gasteiger partial charge in [0.1, 0.15) is 17.8 Å². The Bertz CT molecular complexity index is 779. The first-order chi connectivity index (χ1) is 13.6. The predicted molar refractivity (Wildman–Crippen MR) is 101 cm³/mol. The molecule has 0 saturated carbocycles. The molecular weight excluding hydrogens is 382 g/mol. The molecule has 2 rings (SSSR count). The zero-order chi connectivity index (χ0) is 21.7. The molecule has 158 valence electrons. The minimum Gasteiger partial charge on any atom is -0.508 e. The van der Waals surface area contributed by atoms with E-state index in [4.69, 9.17) is 15.6 Å². The van der Waals surface area contributed by atoms with Gasteiger partial charge in [0.15, 0.2) is 12.2 Å². The van der Waals surface area contributed by atoms with E-state index in [0.717, 1.165) is 0 Å². The van der Waals surface area contributed by atoms with Gasteiger partial charge in [0.2, 0.25) is 11.8 Å². The van der Waals surface area contributed by atoms with Crippen LogP contribution in [0.25, 0.3) is 0 Å². The van der Waals surface area contributed by atoms with Crippen LogP contribution >= 0.6 is 0 Å². The van der Waals surface area contributed by atoms with Crippen molar-refractivity contribution in [3.8, 4) is 5.75 Å². The van der Waals surface area contributed by atoms with Crippen molar-refractivity contribution in [1.82, 2.24) is 10.6 Å². The lowest BCUT2D eigenvalue weighted by atomic mass is 10.0. The maximum atomic E-state index is 12.7. The molecule has 1 unspecified atom stereocenters. The number of carboxylic acid groups (broad SMARTS) is 1. The number of phenolic OH excluding ortho intramolecular Hbond substituents is 1. The fourth-order valence-corrected chi connectivity index (χ4v) is 2.82. The molecule has 3 amide bonds. The van der Waals surface area contributed by atoms with Gasteiger partial charge in [-0.1, -0.05) is 26.0 Å². The van der Waals surface area contributed by atoms with Gasteiger partial charge in [0.25, 0.3) is 5.91 Å². The Morgan fingerprint density at radius 2 is 1.69 bits per heavy atom. The number of phenols is 1. The third-order valence-corrected chi connectivity index (χ3v) is 4.37. The van der Waals surface area contributed by atoms with Crippen LogP contribution < -0.4 is 16.4 Å². The maximum absolute atomic E-state index is 12.7. The summed E-state index contributed by atoms with van der Waals surface area (Å²) in [4.78, 5) is 47.5. The van der Waals surface area contributed by atoms with Crippen molar-refractivity contribution in [3.63, 3.8) is 0 Å². The number of rotatable bonds is 10. The van der Waals surface area contributed by atoms with Gasteiger partial charge in [-0.25, -0.2) is 4.79 Å². The summed E-state index contributed by atoms with van der Waals surface area (Å²) < 4.78 is 4.80. The summed E-state index contributed by atoms with van der Waals surface area (Å²) in [6.45, 7) is 3.70. The molecule has 0 bridgehead atoms. The molecular formula is C19H25N3O7. The molecule has 1 fully saturated rings. The van der Waals surface area contributed by atoms with Crippen LogP contribution in [0, 0.1) is 5.92 Å². The van der Waals surface area contributed by atoms with Gasteiger partial charge in [-0.2, -0.15) is 0 Å². The number of carboxylic acids is 1. The molecule has 0 radical (unpaired) electrons. The molecule has 4 atom stereocenters. The van der Waals surface area contributed by atoms with Crippen LogP contribution in [0.5, 0.6) is 5.75 Å². The van der Waals surface area contributed by atoms with E-state index >= 15 is 0 Å². The third kappa shape index (κ3) is 6.46. The van der Waals surface area contributed by atoms with Crippen molar-refractivity contribution in [2.75, 3.05) is 0 Å². The topological polar surface area (TPSA) is 171 Å². The van der Waals surface area contributed by atoms with E-state index in [1.165, 1.54) is 12.1 Å². The first kappa shape index (κ1) is 22.2. The highest BCUT2D eigenvalue weighted by molar-refractivity contribution is 5.96. The number of amides is 3. The minimum atomic E-state index is -1.25. The van der Waals surface area contributed by atoms with Crippen molar-refractivity contribution in [3.05, 3.63) is 29.8 Å². The molecule has 1 aliphatic rings. The number of aliphatic carboxylic acids is 1. The van der Waals surface area contributed by atoms with E-state index in [1.807, 2.05) is 13.8 Å². The second-order valence-corrected chi connectivity index (χ2v) is 7.34. The van der Waals surface area contributed by atoms with E-state index < -0.39 is 48.0 Å². The molecule has 1 heterocycles. The molecule has 10 heteroatoms. The second-order valence-electron chi connectivity index (χ2n) is 7.34. The molecule has 10 nitrogen and oxygen atoms in total. The maximum Gasteiger partial charge on any atom is 0.336 e. The van der Waals surface area contributed by atoms with E-state index in [0.29, 0.717) is 5.56 Å². The number of nitrogens with two attached hydrogens (primary N) is 1. The van der Waals surface area contributed by atoms with Gasteiger partial charge in [0, 0.05) is 6.42 Å². The zero-order valence-electron chi connectivity index (χ0n) is 16.1. The standard InChI is InChI=1S/C19H25N3O7/c1-9(2)7-13(22-18(26)14-15(29-14)19(27)28)17(25)21-12(16(20)24)8-10-3-5-11(23)6-4-10/h3-6,9,12-15,23H,7-8H2,1-2H3,(H2,20,24)(H,21,25)(H,22,26)(H,27,28)/t12-,13-,14-,15?/m0/s1. The smallest absolute Gasteiger partial charge is 0.336 e. The third-order valence-electron chi connectivity index (χ3n) is 4.37. The molecule has 29 heavy (non-hydrogen) atoms. The number of hydrogen-bond acceptors (Lipinski definition) is 6. The lowest BCUT2D eigenvalue weighted by Gasteiger charge is -2.23. The quantitative estimate of drug-likeness (QED) is 0.319. The average Bonchev–Trinajstić information content (AvgIpc) is 3.43. The van der Waals surface area contributed by atoms with Crippen molar-refractivity contribution in [2.24, 2.45) is 11.7 Å². The summed E-state index contributed by atoms with van der Waals surface area (Å²) in [6.07, 6.45) is -1.98. The van der Waals surface area contributed by atoms with Crippen LogP contribution in [-0.2, 0) is 30.3 Å². The van der Waals surface area contributed by atoms with Gasteiger partial charge < -0.3 is 31.3 Å². The van der Waals surface area contributed by atoms with Crippen molar-refractivity contribution in [2.45, 2.75) is 51.0 Å². The number of ether oxygens (including phenoxy) is 1. The normalized spacial score (nSPS) is 19.8. The molecule has 0 aliphatic carbocycles. The summed E-state index contributed by atoms with van der Waals surface area (Å²) in [5, 5.41) is 23.2. The summed E-state index contributed by atoms with van der Waals surface area (Å²) >= 11 is 0. The molecule has 0 aromatic heterocycles. The van der Waals surface area contributed by atoms with Crippen LogP contribution in [0.3, 0.4) is 0 Å². The van der Waals surface area contributed by atoms with E-state index in [-0.39, 0.29) is 24.5 Å². The lowest BCUT2D eigenvalue weighted by molar-refractivity contribution is -0.138. The number of primary amides is 1. The summed E-state index contributed by atoms with van der Waals surface area (Å²) in [5.74, 6) is -3.22. The van der Waals surface area contributed by atoms with Gasteiger partial charge >= 0.3 is 5.97 Å². The highest BCUT2D eigenvalue weighted by Gasteiger charge is 2.51. The van der Waals surface area contributed by atoms with E-state index in [9.17, 15) is 24.3 Å². The van der Waals surface area contributed by atoms with Gasteiger partial charge in [0.05, 0.1) is 0 Å². The lowest BCUT2D eigenvalue weighted by Crippen LogP contribution is -2.54. The zero-order valence-corrected chi connectivity index (χ0v) is 16.1. The number of aromatic hydroxyl groups is 1. The summed E-state index contributed by atoms with van der Waals surface area (Å²) in [5.41, 5.74) is 6.07. The first-order valence-corrected chi connectivity index (χ1v) is 9.14. The Labute approximate surface area is 167 Å². The number of nitrogens with one attached hydrogen (secondary N) is 2. The number of hydrogen-bond donors (Lipinski definition) is 5. The molecule has 0 spiro atoms. The molecule has 1 aliphatic heterocycles. The van der Waals surface area contributed by atoms with E-state index in [1.54, 1.807) is 12.1 Å². The summed E-state index contributed by atoms with van der Waals surface area (Å²) in [6, 6.07) is 4.09. The molecule has 1 saturated heterocycles. The Morgan fingerprint density at radius 1 is 1.07 bits per heavy atom. The van der Waals surface area contributed by atoms with Gasteiger partial charge in [-0.15, -0.1) is 0 Å². The molecule has 6 N–H and O–H groups in total. The van der Waals surface area contributed by atoms with Crippen LogP contribution in [-0.4, -0.2) is 58.2 Å². The molecule has 1 aromatic rings. The number of benzene rings is 1. The Hall–Kier alpha value is -3.14. The highest BCUT2D eigenvalue weighted by atomic mass is 16.6. The second kappa shape index (κ2) is 9.37. The minimum absolute atomic E-state index is 0.0329. The number of carbonyl (C=O) groups excluding carboxylic acids is 3. The Kier molecular flexibility index (Phi) is 7.16. The van der Waals surface area contributed by atoms with Crippen LogP contribution in [0.4, 0.5) is 0 Å². The Morgan fingerprint density at radius 3 is 2.17 bits per heavy atom. The number of epoxide rings is 1. The monoisotopic (exact) mass is 407 g/mol. The van der Waals surface area contributed by atoms with Crippen LogP contribution in [0.15, 0.2) is 24.3 Å². The fourth-order valence-electron chi connectivity index (χ4n) is 2.82. The van der Waals surface area contributed by atoms with Crippen molar-refractivity contribution < 1.29 is 34.1 Å². The van der Waals surface area contributed by atoms with Crippen LogP contribution in [0.2, 0.25) is 0 Å². The average molecular weight is 407 g/mol. The summed E-state index contributed by atoms with van der Waals surface area (Å²) in [7, 11) is 0. The highest BCUT2D eigenvalue weighted by Crippen LogP contribution is 2.22. The fraction of sp³-hybridized carbons (Fsp3) is 0.474. The first-order valence-electron chi connectivity index (χ1n) is 9.14. The SMILES string of the molecule is CC(C)C[C@H](NC(=O)[C@H]1OC1C(=O)O)C(=O)N[C@@H](Cc1ccc(O)cc1)C(N)=O. The number of carbonyl (C=O) groups is 4.